The van der Waals surface area contributed by atoms with Gasteiger partial charge < -0.3 is 20.6 Å². The third-order valence-corrected chi connectivity index (χ3v) is 2.78. The largest absolute Gasteiger partial charge is 0.478 e. The van der Waals surface area contributed by atoms with Crippen LogP contribution in [-0.4, -0.2) is 48.7 Å². The Hall–Kier alpha value is -2.15. The SMILES string of the molecule is CCN(C)CCNC(=O)Nc1ccc(C(=O)O)c(F)c1. The Balaban J connectivity index is 2.50. The molecule has 0 aliphatic carbocycles. The summed E-state index contributed by atoms with van der Waals surface area (Å²) in [6.45, 7) is 4.06. The normalized spacial score (nSPS) is 10.4. The Morgan fingerprint density at radius 2 is 2.10 bits per heavy atom. The minimum Gasteiger partial charge on any atom is -0.478 e. The van der Waals surface area contributed by atoms with Gasteiger partial charge in [0.15, 0.2) is 0 Å². The Bertz CT molecular complexity index is 494. The van der Waals surface area contributed by atoms with Gasteiger partial charge in [-0.1, -0.05) is 6.92 Å². The van der Waals surface area contributed by atoms with Crippen LogP contribution >= 0.6 is 0 Å². The fourth-order valence-corrected chi connectivity index (χ4v) is 1.46. The first kappa shape index (κ1) is 15.9. The van der Waals surface area contributed by atoms with E-state index in [1.807, 2.05) is 18.9 Å². The van der Waals surface area contributed by atoms with Gasteiger partial charge in [0.1, 0.15) is 5.82 Å². The molecule has 1 rings (SSSR count). The van der Waals surface area contributed by atoms with Gasteiger partial charge in [0.05, 0.1) is 5.56 Å². The predicted molar refractivity (Wildman–Crippen MR) is 73.6 cm³/mol. The standard InChI is InChI=1S/C13H18FN3O3/c1-3-17(2)7-6-15-13(20)16-9-4-5-10(12(18)19)11(14)8-9/h4-5,8H,3,6-7H2,1-2H3,(H,18,19)(H2,15,16,20). The molecule has 0 aromatic heterocycles. The number of benzene rings is 1. The van der Waals surface area contributed by atoms with Gasteiger partial charge >= 0.3 is 12.0 Å². The molecule has 1 aromatic carbocycles. The number of hydrogen-bond acceptors (Lipinski definition) is 3. The third-order valence-electron chi connectivity index (χ3n) is 2.78. The number of carbonyl (C=O) groups excluding carboxylic acids is 1. The van der Waals surface area contributed by atoms with Crippen LogP contribution in [0, 0.1) is 5.82 Å². The van der Waals surface area contributed by atoms with E-state index in [-0.39, 0.29) is 5.69 Å². The van der Waals surface area contributed by atoms with Gasteiger partial charge in [-0.2, -0.15) is 0 Å². The van der Waals surface area contributed by atoms with Crippen LogP contribution in [0.25, 0.3) is 0 Å². The minimum atomic E-state index is -1.35. The molecule has 0 unspecified atom stereocenters. The van der Waals surface area contributed by atoms with Gasteiger partial charge in [0, 0.05) is 18.8 Å². The molecule has 0 saturated heterocycles. The summed E-state index contributed by atoms with van der Waals surface area (Å²) in [6, 6.07) is 2.96. The molecule has 6 nitrogen and oxygen atoms in total. The number of likely N-dealkylation sites (N-methyl/N-ethyl adjacent to an activating group) is 1. The van der Waals surface area contributed by atoms with Crippen LogP contribution in [0.4, 0.5) is 14.9 Å². The average molecular weight is 283 g/mol. The second-order valence-corrected chi connectivity index (χ2v) is 4.28. The Kier molecular flexibility index (Phi) is 5.92. The zero-order chi connectivity index (χ0) is 15.1. The second kappa shape index (κ2) is 7.44. The third kappa shape index (κ3) is 4.85. The zero-order valence-corrected chi connectivity index (χ0v) is 11.4. The molecule has 0 atom stereocenters. The lowest BCUT2D eigenvalue weighted by Crippen LogP contribution is -2.35. The number of urea groups is 1. The lowest BCUT2D eigenvalue weighted by atomic mass is 10.2. The summed E-state index contributed by atoms with van der Waals surface area (Å²) in [5.74, 6) is -2.23. The van der Waals surface area contributed by atoms with E-state index in [0.29, 0.717) is 13.1 Å². The maximum atomic E-state index is 13.4. The van der Waals surface area contributed by atoms with Crippen molar-refractivity contribution >= 4 is 17.7 Å². The van der Waals surface area contributed by atoms with Crippen molar-refractivity contribution in [2.45, 2.75) is 6.92 Å². The summed E-state index contributed by atoms with van der Waals surface area (Å²) in [7, 11) is 1.93. The highest BCUT2D eigenvalue weighted by Crippen LogP contribution is 2.14. The first-order chi connectivity index (χ1) is 9.43. The molecular weight excluding hydrogens is 265 g/mol. The highest BCUT2D eigenvalue weighted by molar-refractivity contribution is 5.91. The van der Waals surface area contributed by atoms with Crippen LogP contribution in [0.3, 0.4) is 0 Å². The topological polar surface area (TPSA) is 81.7 Å². The van der Waals surface area contributed by atoms with Crippen molar-refractivity contribution in [3.8, 4) is 0 Å². The van der Waals surface area contributed by atoms with E-state index in [9.17, 15) is 14.0 Å². The number of carboxylic acid groups (broad SMARTS) is 1. The quantitative estimate of drug-likeness (QED) is 0.740. The Morgan fingerprint density at radius 1 is 1.40 bits per heavy atom. The van der Waals surface area contributed by atoms with Gasteiger partial charge in [-0.25, -0.2) is 14.0 Å². The van der Waals surface area contributed by atoms with Crippen molar-refractivity contribution in [3.63, 3.8) is 0 Å². The summed E-state index contributed by atoms with van der Waals surface area (Å²) in [6.07, 6.45) is 0. The maximum absolute atomic E-state index is 13.4. The lowest BCUT2D eigenvalue weighted by molar-refractivity contribution is 0.0692. The molecule has 2 amide bonds. The molecule has 0 fully saturated rings. The van der Waals surface area contributed by atoms with E-state index in [1.54, 1.807) is 0 Å². The molecule has 7 heteroatoms. The number of rotatable bonds is 6. The lowest BCUT2D eigenvalue weighted by Gasteiger charge is -2.14. The fraction of sp³-hybridized carbons (Fsp3) is 0.385. The van der Waals surface area contributed by atoms with Crippen molar-refractivity contribution in [2.24, 2.45) is 0 Å². The molecule has 20 heavy (non-hydrogen) atoms. The summed E-state index contributed by atoms with van der Waals surface area (Å²) in [4.78, 5) is 24.2. The van der Waals surface area contributed by atoms with Crippen LogP contribution in [0.1, 0.15) is 17.3 Å². The summed E-state index contributed by atoms with van der Waals surface area (Å²) in [5, 5.41) is 13.7. The number of hydrogen-bond donors (Lipinski definition) is 3. The number of halogens is 1. The number of nitrogens with zero attached hydrogens (tertiary/aromatic N) is 1. The second-order valence-electron chi connectivity index (χ2n) is 4.28. The van der Waals surface area contributed by atoms with E-state index in [0.717, 1.165) is 18.7 Å². The maximum Gasteiger partial charge on any atom is 0.338 e. The van der Waals surface area contributed by atoms with E-state index in [2.05, 4.69) is 10.6 Å². The highest BCUT2D eigenvalue weighted by Gasteiger charge is 2.11. The van der Waals surface area contributed by atoms with E-state index in [1.165, 1.54) is 6.07 Å². The summed E-state index contributed by atoms with van der Waals surface area (Å²) < 4.78 is 13.4. The summed E-state index contributed by atoms with van der Waals surface area (Å²) in [5.41, 5.74) is -0.227. The molecule has 0 radical (unpaired) electrons. The first-order valence-corrected chi connectivity index (χ1v) is 6.20. The van der Waals surface area contributed by atoms with Gasteiger partial charge in [-0.3, -0.25) is 0 Å². The van der Waals surface area contributed by atoms with Crippen LogP contribution in [0.2, 0.25) is 0 Å². The van der Waals surface area contributed by atoms with Gasteiger partial charge in [-0.15, -0.1) is 0 Å². The van der Waals surface area contributed by atoms with Gasteiger partial charge in [0.2, 0.25) is 0 Å². The molecule has 110 valence electrons. The highest BCUT2D eigenvalue weighted by atomic mass is 19.1. The first-order valence-electron chi connectivity index (χ1n) is 6.20. The number of amides is 2. The van der Waals surface area contributed by atoms with Crippen molar-refractivity contribution in [1.29, 1.82) is 0 Å². The number of nitrogens with one attached hydrogen (secondary N) is 2. The van der Waals surface area contributed by atoms with Crippen molar-refractivity contribution in [2.75, 3.05) is 32.0 Å². The molecule has 1 aromatic rings. The molecule has 0 heterocycles. The molecule has 0 saturated carbocycles. The Labute approximate surface area is 116 Å². The number of carbonyl (C=O) groups is 2. The Morgan fingerprint density at radius 3 is 2.65 bits per heavy atom. The molecule has 0 bridgehead atoms. The zero-order valence-electron chi connectivity index (χ0n) is 11.4. The van der Waals surface area contributed by atoms with Gasteiger partial charge in [0.25, 0.3) is 0 Å². The number of carboxylic acids is 1. The summed E-state index contributed by atoms with van der Waals surface area (Å²) >= 11 is 0. The average Bonchev–Trinajstić information content (AvgIpc) is 2.38. The molecule has 0 aliphatic rings. The molecule has 3 N–H and O–H groups in total. The monoisotopic (exact) mass is 283 g/mol. The van der Waals surface area contributed by atoms with E-state index >= 15 is 0 Å². The van der Waals surface area contributed by atoms with E-state index in [4.69, 9.17) is 5.11 Å². The predicted octanol–water partition coefficient (Wildman–Crippen LogP) is 1.60. The number of aromatic carboxylic acids is 1. The van der Waals surface area contributed by atoms with Crippen molar-refractivity contribution in [1.82, 2.24) is 10.2 Å². The van der Waals surface area contributed by atoms with Crippen molar-refractivity contribution < 1.29 is 19.1 Å². The van der Waals surface area contributed by atoms with Crippen LogP contribution in [0.15, 0.2) is 18.2 Å². The van der Waals surface area contributed by atoms with Crippen LogP contribution in [-0.2, 0) is 0 Å². The molecule has 0 spiro atoms. The van der Waals surface area contributed by atoms with E-state index < -0.39 is 23.4 Å². The molecular formula is C13H18FN3O3. The van der Waals surface area contributed by atoms with Gasteiger partial charge in [-0.05, 0) is 31.8 Å². The van der Waals surface area contributed by atoms with Crippen molar-refractivity contribution in [3.05, 3.63) is 29.6 Å². The van der Waals surface area contributed by atoms with Crippen LogP contribution < -0.4 is 10.6 Å². The van der Waals surface area contributed by atoms with Crippen LogP contribution in [0.5, 0.6) is 0 Å². The smallest absolute Gasteiger partial charge is 0.338 e. The minimum absolute atomic E-state index is 0.203. The fourth-order valence-electron chi connectivity index (χ4n) is 1.46. The molecule has 0 aliphatic heterocycles. The number of anilines is 1.